The summed E-state index contributed by atoms with van der Waals surface area (Å²) in [5.41, 5.74) is -7.51. The van der Waals surface area contributed by atoms with Crippen LogP contribution in [-0.4, -0.2) is 29.9 Å². The molecule has 34 heavy (non-hydrogen) atoms. The number of esters is 1. The Labute approximate surface area is 189 Å². The molecular weight excluding hydrogens is 466 g/mol. The Bertz CT molecular complexity index is 1260. The average Bonchev–Trinajstić information content (AvgIpc) is 3.50. The number of benzene rings is 2. The minimum absolute atomic E-state index is 0.135. The van der Waals surface area contributed by atoms with Crippen LogP contribution in [0.3, 0.4) is 0 Å². The topological polar surface area (TPSA) is 60.4 Å². The summed E-state index contributed by atoms with van der Waals surface area (Å²) in [5, 5.41) is 0. The van der Waals surface area contributed by atoms with E-state index in [1.54, 1.807) is 0 Å². The van der Waals surface area contributed by atoms with Crippen molar-refractivity contribution in [3.8, 4) is 0 Å². The van der Waals surface area contributed by atoms with Gasteiger partial charge in [0.15, 0.2) is 11.6 Å². The molecule has 0 bridgehead atoms. The molecule has 178 valence electrons. The van der Waals surface area contributed by atoms with Gasteiger partial charge in [0.1, 0.15) is 5.76 Å². The van der Waals surface area contributed by atoms with Gasteiger partial charge in [-0.2, -0.15) is 26.3 Å². The summed E-state index contributed by atoms with van der Waals surface area (Å²) in [7, 11) is 0. The molecule has 4 rings (SSSR count). The van der Waals surface area contributed by atoms with Crippen molar-refractivity contribution < 1.29 is 45.5 Å². The van der Waals surface area contributed by atoms with Crippen LogP contribution in [0.5, 0.6) is 0 Å². The van der Waals surface area contributed by atoms with Gasteiger partial charge in [-0.1, -0.05) is 24.3 Å². The van der Waals surface area contributed by atoms with E-state index < -0.39 is 57.6 Å². The number of Topliss-reactive ketones (excluding diaryl/α,β-unsaturated/α-hetero) is 2. The van der Waals surface area contributed by atoms with Gasteiger partial charge in [0.25, 0.3) is 0 Å². The Kier molecular flexibility index (Phi) is 5.26. The van der Waals surface area contributed by atoms with Gasteiger partial charge in [-0.05, 0) is 55.5 Å². The Morgan fingerprint density at radius 2 is 1.29 bits per heavy atom. The first-order valence-corrected chi connectivity index (χ1v) is 10.1. The minimum Gasteiger partial charge on any atom is -0.422 e. The number of cyclic esters (lactones) is 1. The number of fused-ring (bicyclic) bond motifs is 1. The lowest BCUT2D eigenvalue weighted by atomic mass is 9.71. The highest BCUT2D eigenvalue weighted by Gasteiger charge is 2.72. The molecule has 1 aliphatic heterocycles. The van der Waals surface area contributed by atoms with Crippen molar-refractivity contribution in [2.75, 3.05) is 0 Å². The van der Waals surface area contributed by atoms with Gasteiger partial charge < -0.3 is 4.74 Å². The summed E-state index contributed by atoms with van der Waals surface area (Å²) >= 11 is 0. The predicted octanol–water partition coefficient (Wildman–Crippen LogP) is 6.18. The summed E-state index contributed by atoms with van der Waals surface area (Å²) in [4.78, 5) is 36.1. The first kappa shape index (κ1) is 23.7. The van der Waals surface area contributed by atoms with Crippen LogP contribution in [0.4, 0.5) is 26.3 Å². The zero-order valence-corrected chi connectivity index (χ0v) is 17.8. The fourth-order valence-electron chi connectivity index (χ4n) is 4.26. The lowest BCUT2D eigenvalue weighted by Crippen LogP contribution is -2.55. The molecule has 1 saturated carbocycles. The van der Waals surface area contributed by atoms with E-state index in [0.717, 1.165) is 31.6 Å². The Morgan fingerprint density at radius 3 is 1.79 bits per heavy atom. The second-order valence-electron chi connectivity index (χ2n) is 8.20. The standard InChI is InChI=1S/C24H16F6O4/c1-11(31)16-7-5-14(9-18(16)12(2)32)22(23(25,26)27,24(28,29)30)15-6-8-17-19(10-15)21(33)34-20(17)13-3-4-13/h5-10H,3-4H2,1-2H3. The number of rotatable bonds is 4. The predicted molar refractivity (Wildman–Crippen MR) is 107 cm³/mol. The monoisotopic (exact) mass is 482 g/mol. The van der Waals surface area contributed by atoms with Crippen molar-refractivity contribution >= 4 is 23.3 Å². The van der Waals surface area contributed by atoms with Crippen LogP contribution >= 0.6 is 0 Å². The molecular formula is C24H16F6O4. The number of allylic oxidation sites excluding steroid dienone is 1. The molecule has 0 aromatic heterocycles. The van der Waals surface area contributed by atoms with Crippen molar-refractivity contribution in [3.63, 3.8) is 0 Å². The SMILES string of the molecule is CC(=O)c1ccc(C(c2ccc3c(c2)C(=O)OC3=C2CC2)(C(F)(F)F)C(F)(F)F)cc1C(C)=O. The number of carbonyl (C=O) groups is 3. The van der Waals surface area contributed by atoms with E-state index in [1.807, 2.05) is 0 Å². The van der Waals surface area contributed by atoms with E-state index >= 15 is 0 Å². The third-order valence-electron chi connectivity index (χ3n) is 5.99. The summed E-state index contributed by atoms with van der Waals surface area (Å²) in [6, 6.07) is 3.98. The fraction of sp³-hybridized carbons (Fsp3) is 0.292. The normalized spacial score (nSPS) is 15.8. The number of halogens is 6. The summed E-state index contributed by atoms with van der Waals surface area (Å²) in [6.07, 6.45) is -10.6. The number of ether oxygens (including phenoxy) is 1. The van der Waals surface area contributed by atoms with Crippen molar-refractivity contribution in [1.82, 2.24) is 0 Å². The van der Waals surface area contributed by atoms with Crippen LogP contribution < -0.4 is 0 Å². The minimum atomic E-state index is -5.93. The van der Waals surface area contributed by atoms with Crippen LogP contribution in [0.2, 0.25) is 0 Å². The van der Waals surface area contributed by atoms with Gasteiger partial charge in [0, 0.05) is 16.7 Å². The first-order chi connectivity index (χ1) is 15.7. The molecule has 0 N–H and O–H groups in total. The molecule has 2 aromatic carbocycles. The average molecular weight is 482 g/mol. The Balaban J connectivity index is 2.05. The van der Waals surface area contributed by atoms with Gasteiger partial charge >= 0.3 is 18.3 Å². The van der Waals surface area contributed by atoms with E-state index in [9.17, 15) is 40.7 Å². The first-order valence-electron chi connectivity index (χ1n) is 10.1. The number of alkyl halides is 6. The second kappa shape index (κ2) is 7.54. The molecule has 2 aliphatic rings. The van der Waals surface area contributed by atoms with Crippen molar-refractivity contribution in [2.45, 2.75) is 44.5 Å². The van der Waals surface area contributed by atoms with E-state index in [4.69, 9.17) is 4.74 Å². The van der Waals surface area contributed by atoms with E-state index in [2.05, 4.69) is 0 Å². The lowest BCUT2D eigenvalue weighted by Gasteiger charge is -2.38. The molecule has 1 fully saturated rings. The third-order valence-corrected chi connectivity index (χ3v) is 5.99. The Hall–Kier alpha value is -3.43. The highest BCUT2D eigenvalue weighted by atomic mass is 19.4. The van der Waals surface area contributed by atoms with Crippen LogP contribution in [0.1, 0.15) is 74.5 Å². The maximum atomic E-state index is 14.5. The molecule has 10 heteroatoms. The van der Waals surface area contributed by atoms with Crippen molar-refractivity contribution in [3.05, 3.63) is 75.4 Å². The third kappa shape index (κ3) is 3.43. The molecule has 0 atom stereocenters. The van der Waals surface area contributed by atoms with E-state index in [-0.39, 0.29) is 16.9 Å². The summed E-state index contributed by atoms with van der Waals surface area (Å²) in [6.45, 7) is 1.98. The number of hydrogen-bond acceptors (Lipinski definition) is 4. The molecule has 0 unspecified atom stereocenters. The van der Waals surface area contributed by atoms with Crippen molar-refractivity contribution in [1.29, 1.82) is 0 Å². The zero-order valence-electron chi connectivity index (χ0n) is 17.8. The largest absolute Gasteiger partial charge is 0.422 e. The molecule has 1 heterocycles. The molecule has 2 aromatic rings. The fourth-order valence-corrected chi connectivity index (χ4v) is 4.26. The zero-order chi connectivity index (χ0) is 25.2. The summed E-state index contributed by atoms with van der Waals surface area (Å²) in [5.74, 6) is -2.44. The van der Waals surface area contributed by atoms with Crippen LogP contribution in [0, 0.1) is 0 Å². The van der Waals surface area contributed by atoms with Gasteiger partial charge in [0.2, 0.25) is 5.41 Å². The van der Waals surface area contributed by atoms with Gasteiger partial charge in [-0.3, -0.25) is 9.59 Å². The van der Waals surface area contributed by atoms with Gasteiger partial charge in [-0.25, -0.2) is 4.79 Å². The van der Waals surface area contributed by atoms with E-state index in [0.29, 0.717) is 37.1 Å². The highest BCUT2D eigenvalue weighted by molar-refractivity contribution is 6.07. The second-order valence-corrected chi connectivity index (χ2v) is 8.20. The Morgan fingerprint density at radius 1 is 0.765 bits per heavy atom. The summed E-state index contributed by atoms with van der Waals surface area (Å²) < 4.78 is 92.1. The maximum absolute atomic E-state index is 14.5. The smallest absolute Gasteiger partial charge is 0.411 e. The molecule has 0 amide bonds. The van der Waals surface area contributed by atoms with E-state index in [1.165, 1.54) is 0 Å². The number of hydrogen-bond donors (Lipinski definition) is 0. The molecule has 1 aliphatic carbocycles. The number of ketones is 2. The quantitative estimate of drug-likeness (QED) is 0.297. The molecule has 0 spiro atoms. The lowest BCUT2D eigenvalue weighted by molar-refractivity contribution is -0.288. The number of carbonyl (C=O) groups excluding carboxylic acids is 3. The highest BCUT2D eigenvalue weighted by Crippen LogP contribution is 2.57. The van der Waals surface area contributed by atoms with Gasteiger partial charge in [0.05, 0.1) is 5.56 Å². The van der Waals surface area contributed by atoms with Crippen LogP contribution in [0.25, 0.3) is 5.76 Å². The van der Waals surface area contributed by atoms with Crippen molar-refractivity contribution in [2.24, 2.45) is 0 Å². The molecule has 0 saturated heterocycles. The van der Waals surface area contributed by atoms with Gasteiger partial charge in [-0.15, -0.1) is 0 Å². The van der Waals surface area contributed by atoms with Crippen LogP contribution in [-0.2, 0) is 10.2 Å². The maximum Gasteiger partial charge on any atom is 0.411 e. The molecule has 4 nitrogen and oxygen atoms in total. The molecule has 0 radical (unpaired) electrons. The van der Waals surface area contributed by atoms with Crippen LogP contribution in [0.15, 0.2) is 42.0 Å².